The first-order valence-electron chi connectivity index (χ1n) is 6.99. The second-order valence-corrected chi connectivity index (χ2v) is 5.78. The van der Waals surface area contributed by atoms with Gasteiger partial charge in [-0.05, 0) is 62.2 Å². The molecule has 1 aromatic carbocycles. The molecule has 0 fully saturated rings. The minimum atomic E-state index is -2.81. The second kappa shape index (κ2) is 8.77. The van der Waals surface area contributed by atoms with E-state index in [9.17, 15) is 8.78 Å². The first-order valence-corrected chi connectivity index (χ1v) is 7.40. The van der Waals surface area contributed by atoms with Gasteiger partial charge in [0.25, 0.3) is 0 Å². The first-order chi connectivity index (χ1) is 9.86. The molecule has 118 valence electrons. The summed E-state index contributed by atoms with van der Waals surface area (Å²) in [5.74, 6) is 0.790. The number of anilines is 1. The van der Waals surface area contributed by atoms with Gasteiger partial charge < -0.3 is 15.4 Å². The number of nitrogens with one attached hydrogen (secondary N) is 2. The molecule has 0 saturated heterocycles. The molecule has 0 spiro atoms. The van der Waals surface area contributed by atoms with Crippen LogP contribution in [-0.4, -0.2) is 17.8 Å². The molecular weight excluding hydrogens is 294 g/mol. The lowest BCUT2D eigenvalue weighted by atomic mass is 10.0. The van der Waals surface area contributed by atoms with Crippen LogP contribution in [0.5, 0.6) is 5.75 Å². The summed E-state index contributed by atoms with van der Waals surface area (Å²) in [7, 11) is 0. The van der Waals surface area contributed by atoms with Crippen LogP contribution in [0, 0.1) is 5.92 Å². The molecule has 0 heterocycles. The molecule has 2 N–H and O–H groups in total. The summed E-state index contributed by atoms with van der Waals surface area (Å²) < 4.78 is 28.4. The zero-order valence-corrected chi connectivity index (χ0v) is 13.3. The number of alkyl halides is 2. The zero-order chi connectivity index (χ0) is 15.8. The highest BCUT2D eigenvalue weighted by molar-refractivity contribution is 7.80. The molecule has 21 heavy (non-hydrogen) atoms. The Kier molecular flexibility index (Phi) is 7.36. The Morgan fingerprint density at radius 1 is 1.14 bits per heavy atom. The predicted octanol–water partition coefficient (Wildman–Crippen LogP) is 4.40. The molecule has 0 aliphatic carbocycles. The lowest BCUT2D eigenvalue weighted by Gasteiger charge is -2.18. The number of hydrogen-bond donors (Lipinski definition) is 2. The number of halogens is 2. The van der Waals surface area contributed by atoms with E-state index >= 15 is 0 Å². The van der Waals surface area contributed by atoms with E-state index < -0.39 is 6.61 Å². The summed E-state index contributed by atoms with van der Waals surface area (Å²) in [6.07, 6.45) is 2.18. The van der Waals surface area contributed by atoms with Crippen molar-refractivity contribution in [2.24, 2.45) is 5.92 Å². The van der Waals surface area contributed by atoms with Gasteiger partial charge in [-0.2, -0.15) is 8.78 Å². The fraction of sp³-hybridized carbons (Fsp3) is 0.533. The molecular formula is C15H22F2N2OS. The number of thiocarbonyl (C=S) groups is 1. The molecule has 0 radical (unpaired) electrons. The van der Waals surface area contributed by atoms with E-state index in [0.29, 0.717) is 11.0 Å². The van der Waals surface area contributed by atoms with Gasteiger partial charge >= 0.3 is 6.61 Å². The molecule has 1 aromatic rings. The third-order valence-electron chi connectivity index (χ3n) is 2.89. The number of benzene rings is 1. The number of rotatable bonds is 7. The summed E-state index contributed by atoms with van der Waals surface area (Å²) in [5.41, 5.74) is 0.727. The molecule has 1 atom stereocenters. The summed E-state index contributed by atoms with van der Waals surface area (Å²) in [5, 5.41) is 6.74. The third-order valence-corrected chi connectivity index (χ3v) is 3.11. The summed E-state index contributed by atoms with van der Waals surface area (Å²) >= 11 is 5.22. The zero-order valence-electron chi connectivity index (χ0n) is 12.5. The molecule has 3 nitrogen and oxygen atoms in total. The monoisotopic (exact) mass is 316 g/mol. The number of ether oxygens (including phenoxy) is 1. The minimum absolute atomic E-state index is 0.125. The largest absolute Gasteiger partial charge is 0.435 e. The molecule has 0 amide bonds. The van der Waals surface area contributed by atoms with Gasteiger partial charge in [0.05, 0.1) is 0 Å². The van der Waals surface area contributed by atoms with Gasteiger partial charge in [0.2, 0.25) is 0 Å². The van der Waals surface area contributed by atoms with Crippen LogP contribution in [0.25, 0.3) is 0 Å². The highest BCUT2D eigenvalue weighted by atomic mass is 32.1. The fourth-order valence-electron chi connectivity index (χ4n) is 1.77. The SMILES string of the molecule is CC(C)CC[C@@H](C)NC(=S)Nc1ccc(OC(F)F)cc1. The molecule has 0 aliphatic heterocycles. The van der Waals surface area contributed by atoms with Crippen molar-refractivity contribution in [3.05, 3.63) is 24.3 Å². The van der Waals surface area contributed by atoms with Gasteiger partial charge in [-0.25, -0.2) is 0 Å². The van der Waals surface area contributed by atoms with Crippen molar-refractivity contribution < 1.29 is 13.5 Å². The Balaban J connectivity index is 2.40. The Labute approximate surface area is 130 Å². The van der Waals surface area contributed by atoms with Gasteiger partial charge in [-0.15, -0.1) is 0 Å². The van der Waals surface area contributed by atoms with Gasteiger partial charge in [-0.1, -0.05) is 13.8 Å². The topological polar surface area (TPSA) is 33.3 Å². The van der Waals surface area contributed by atoms with Crippen molar-refractivity contribution in [1.29, 1.82) is 0 Å². The maximum Gasteiger partial charge on any atom is 0.387 e. The quantitative estimate of drug-likeness (QED) is 0.731. The fourth-order valence-corrected chi connectivity index (χ4v) is 2.09. The lowest BCUT2D eigenvalue weighted by molar-refractivity contribution is -0.0498. The van der Waals surface area contributed by atoms with Crippen LogP contribution in [0.2, 0.25) is 0 Å². The lowest BCUT2D eigenvalue weighted by Crippen LogP contribution is -2.36. The van der Waals surface area contributed by atoms with Crippen molar-refractivity contribution in [2.45, 2.75) is 46.3 Å². The molecule has 0 aromatic heterocycles. The number of hydrogen-bond acceptors (Lipinski definition) is 2. The van der Waals surface area contributed by atoms with Crippen molar-refractivity contribution >= 4 is 23.0 Å². The Bertz CT molecular complexity index is 438. The van der Waals surface area contributed by atoms with Crippen LogP contribution in [0.4, 0.5) is 14.5 Å². The van der Waals surface area contributed by atoms with Crippen LogP contribution < -0.4 is 15.4 Å². The molecule has 0 unspecified atom stereocenters. The second-order valence-electron chi connectivity index (χ2n) is 5.37. The van der Waals surface area contributed by atoms with E-state index in [1.165, 1.54) is 12.1 Å². The highest BCUT2D eigenvalue weighted by Crippen LogP contribution is 2.17. The summed E-state index contributed by atoms with van der Waals surface area (Å²) in [6.45, 7) is 3.64. The minimum Gasteiger partial charge on any atom is -0.435 e. The predicted molar refractivity (Wildman–Crippen MR) is 86.0 cm³/mol. The van der Waals surface area contributed by atoms with Crippen LogP contribution >= 0.6 is 12.2 Å². The van der Waals surface area contributed by atoms with Gasteiger partial charge in [0.15, 0.2) is 5.11 Å². The molecule has 0 saturated carbocycles. The third kappa shape index (κ3) is 7.80. The average molecular weight is 316 g/mol. The van der Waals surface area contributed by atoms with E-state index in [-0.39, 0.29) is 11.8 Å². The Morgan fingerprint density at radius 2 is 1.76 bits per heavy atom. The van der Waals surface area contributed by atoms with E-state index in [4.69, 9.17) is 12.2 Å². The molecule has 0 aliphatic rings. The van der Waals surface area contributed by atoms with Crippen molar-refractivity contribution in [3.8, 4) is 5.75 Å². The van der Waals surface area contributed by atoms with Crippen LogP contribution in [-0.2, 0) is 0 Å². The molecule has 1 rings (SSSR count). The van der Waals surface area contributed by atoms with E-state index in [2.05, 4.69) is 36.1 Å². The Hall–Kier alpha value is -1.43. The highest BCUT2D eigenvalue weighted by Gasteiger charge is 2.07. The van der Waals surface area contributed by atoms with Gasteiger partial charge in [0.1, 0.15) is 5.75 Å². The van der Waals surface area contributed by atoms with E-state index in [1.54, 1.807) is 12.1 Å². The maximum absolute atomic E-state index is 12.0. The normalized spacial score (nSPS) is 12.3. The van der Waals surface area contributed by atoms with Gasteiger partial charge in [-0.3, -0.25) is 0 Å². The van der Waals surface area contributed by atoms with Crippen LogP contribution in [0.15, 0.2) is 24.3 Å². The van der Waals surface area contributed by atoms with Crippen molar-refractivity contribution in [2.75, 3.05) is 5.32 Å². The van der Waals surface area contributed by atoms with Crippen LogP contribution in [0.1, 0.15) is 33.6 Å². The standard InChI is InChI=1S/C15H22F2N2OS/c1-10(2)4-5-11(3)18-15(21)19-12-6-8-13(9-7-12)20-14(16)17/h6-11,14H,4-5H2,1-3H3,(H2,18,19,21)/t11-/m1/s1. The molecule has 0 bridgehead atoms. The van der Waals surface area contributed by atoms with E-state index in [0.717, 1.165) is 18.5 Å². The van der Waals surface area contributed by atoms with Crippen molar-refractivity contribution in [1.82, 2.24) is 5.32 Å². The van der Waals surface area contributed by atoms with Gasteiger partial charge in [0, 0.05) is 11.7 Å². The summed E-state index contributed by atoms with van der Waals surface area (Å²) in [6, 6.07) is 6.52. The van der Waals surface area contributed by atoms with Crippen molar-refractivity contribution in [3.63, 3.8) is 0 Å². The van der Waals surface area contributed by atoms with E-state index in [1.807, 2.05) is 0 Å². The van der Waals surface area contributed by atoms with Crippen LogP contribution in [0.3, 0.4) is 0 Å². The molecule has 6 heteroatoms. The maximum atomic E-state index is 12.0. The Morgan fingerprint density at radius 3 is 2.29 bits per heavy atom. The summed E-state index contributed by atoms with van der Waals surface area (Å²) in [4.78, 5) is 0. The first kappa shape index (κ1) is 17.6. The smallest absolute Gasteiger partial charge is 0.387 e. The average Bonchev–Trinajstić information content (AvgIpc) is 2.38.